The normalized spacial score (nSPS) is 10.4. The van der Waals surface area contributed by atoms with Crippen molar-refractivity contribution in [2.75, 3.05) is 0 Å². The summed E-state index contributed by atoms with van der Waals surface area (Å²) in [6.45, 7) is 4.03. The second kappa shape index (κ2) is 4.62. The van der Waals surface area contributed by atoms with Gasteiger partial charge in [-0.2, -0.15) is 11.3 Å². The summed E-state index contributed by atoms with van der Waals surface area (Å²) in [5.74, 6) is 0.216. The Labute approximate surface area is 99.8 Å². The highest BCUT2D eigenvalue weighted by Crippen LogP contribution is 2.17. The Hall–Kier alpha value is -1.41. The van der Waals surface area contributed by atoms with Crippen LogP contribution in [-0.2, 0) is 6.42 Å². The predicted octanol–water partition coefficient (Wildman–Crippen LogP) is 3.79. The number of hydrogen-bond acceptors (Lipinski definition) is 2. The third kappa shape index (κ3) is 2.22. The standard InChI is InChI=1S/C14H14OS/c1-10-5-3-4-6-12(10)7-14(15)13-9-16-8-11(13)2/h3-6,8-9H,7H2,1-2H3. The van der Waals surface area contributed by atoms with Crippen molar-refractivity contribution in [2.24, 2.45) is 0 Å². The van der Waals surface area contributed by atoms with E-state index in [1.807, 2.05) is 48.9 Å². The second-order valence-electron chi connectivity index (χ2n) is 3.99. The van der Waals surface area contributed by atoms with E-state index in [-0.39, 0.29) is 5.78 Å². The van der Waals surface area contributed by atoms with E-state index in [0.717, 1.165) is 16.7 Å². The molecule has 0 aliphatic heterocycles. The van der Waals surface area contributed by atoms with E-state index in [1.165, 1.54) is 5.56 Å². The highest BCUT2D eigenvalue weighted by Gasteiger charge is 2.11. The van der Waals surface area contributed by atoms with Crippen molar-refractivity contribution in [1.29, 1.82) is 0 Å². The molecule has 0 N–H and O–H groups in total. The van der Waals surface area contributed by atoms with E-state index in [1.54, 1.807) is 11.3 Å². The number of aryl methyl sites for hydroxylation is 2. The zero-order chi connectivity index (χ0) is 11.5. The minimum Gasteiger partial charge on any atom is -0.294 e. The number of thiophene rings is 1. The first kappa shape index (κ1) is 11.1. The fourth-order valence-electron chi connectivity index (χ4n) is 1.72. The van der Waals surface area contributed by atoms with Crippen LogP contribution in [0.3, 0.4) is 0 Å². The maximum atomic E-state index is 12.1. The van der Waals surface area contributed by atoms with Gasteiger partial charge in [0.05, 0.1) is 0 Å². The fourth-order valence-corrected chi connectivity index (χ4v) is 2.58. The number of rotatable bonds is 3. The number of carbonyl (C=O) groups excluding carboxylic acids is 1. The first-order valence-electron chi connectivity index (χ1n) is 5.29. The van der Waals surface area contributed by atoms with E-state index >= 15 is 0 Å². The molecule has 16 heavy (non-hydrogen) atoms. The van der Waals surface area contributed by atoms with Gasteiger partial charge in [0.15, 0.2) is 5.78 Å². The third-order valence-electron chi connectivity index (χ3n) is 2.77. The molecular weight excluding hydrogens is 216 g/mol. The molecule has 1 aromatic carbocycles. The van der Waals surface area contributed by atoms with E-state index < -0.39 is 0 Å². The van der Waals surface area contributed by atoms with Gasteiger partial charge in [-0.15, -0.1) is 0 Å². The first-order valence-corrected chi connectivity index (χ1v) is 6.23. The topological polar surface area (TPSA) is 17.1 Å². The smallest absolute Gasteiger partial charge is 0.168 e. The van der Waals surface area contributed by atoms with Crippen LogP contribution in [0.5, 0.6) is 0 Å². The van der Waals surface area contributed by atoms with Gasteiger partial charge in [0.25, 0.3) is 0 Å². The van der Waals surface area contributed by atoms with Crippen LogP contribution in [0.25, 0.3) is 0 Å². The Morgan fingerprint density at radius 1 is 1.12 bits per heavy atom. The highest BCUT2D eigenvalue weighted by atomic mass is 32.1. The largest absolute Gasteiger partial charge is 0.294 e. The SMILES string of the molecule is Cc1ccccc1CC(=O)c1cscc1C. The van der Waals surface area contributed by atoms with Crippen molar-refractivity contribution in [3.05, 3.63) is 57.3 Å². The first-order chi connectivity index (χ1) is 7.68. The van der Waals surface area contributed by atoms with Crippen LogP contribution in [0.1, 0.15) is 27.0 Å². The van der Waals surface area contributed by atoms with Gasteiger partial charge in [0, 0.05) is 17.4 Å². The molecule has 1 nitrogen and oxygen atoms in total. The number of carbonyl (C=O) groups is 1. The molecule has 1 aromatic heterocycles. The Morgan fingerprint density at radius 3 is 2.50 bits per heavy atom. The van der Waals surface area contributed by atoms with Crippen LogP contribution in [0.15, 0.2) is 35.0 Å². The van der Waals surface area contributed by atoms with Crippen LogP contribution < -0.4 is 0 Å². The molecule has 2 heteroatoms. The summed E-state index contributed by atoms with van der Waals surface area (Å²) in [5.41, 5.74) is 4.26. The zero-order valence-electron chi connectivity index (χ0n) is 9.49. The molecule has 0 saturated heterocycles. The molecule has 2 aromatic rings. The summed E-state index contributed by atoms with van der Waals surface area (Å²) >= 11 is 1.59. The molecule has 0 saturated carbocycles. The number of ketones is 1. The van der Waals surface area contributed by atoms with E-state index in [9.17, 15) is 4.79 Å². The lowest BCUT2D eigenvalue weighted by atomic mass is 9.99. The summed E-state index contributed by atoms with van der Waals surface area (Å²) in [6, 6.07) is 8.05. The second-order valence-corrected chi connectivity index (χ2v) is 4.74. The maximum absolute atomic E-state index is 12.1. The predicted molar refractivity (Wildman–Crippen MR) is 68.3 cm³/mol. The van der Waals surface area contributed by atoms with Gasteiger partial charge in [0.2, 0.25) is 0 Å². The molecule has 0 bridgehead atoms. The molecule has 82 valence electrons. The number of Topliss-reactive ketones (excluding diaryl/α,β-unsaturated/α-hetero) is 1. The molecule has 1 heterocycles. The average Bonchev–Trinajstić information content (AvgIpc) is 2.68. The highest BCUT2D eigenvalue weighted by molar-refractivity contribution is 7.08. The number of hydrogen-bond donors (Lipinski definition) is 0. The number of benzene rings is 1. The molecule has 0 fully saturated rings. The van der Waals surface area contributed by atoms with E-state index in [4.69, 9.17) is 0 Å². The quantitative estimate of drug-likeness (QED) is 0.733. The molecule has 0 aliphatic carbocycles. The molecule has 0 atom stereocenters. The summed E-state index contributed by atoms with van der Waals surface area (Å²) in [4.78, 5) is 12.1. The van der Waals surface area contributed by atoms with Crippen LogP contribution in [0.4, 0.5) is 0 Å². The maximum Gasteiger partial charge on any atom is 0.168 e. The summed E-state index contributed by atoms with van der Waals surface area (Å²) in [5, 5.41) is 3.96. The molecule has 0 aliphatic rings. The molecule has 0 amide bonds. The van der Waals surface area contributed by atoms with Crippen molar-refractivity contribution >= 4 is 17.1 Å². The minimum atomic E-state index is 0.216. The molecule has 0 spiro atoms. The van der Waals surface area contributed by atoms with Gasteiger partial charge in [0.1, 0.15) is 0 Å². The average molecular weight is 230 g/mol. The summed E-state index contributed by atoms with van der Waals surface area (Å²) < 4.78 is 0. The van der Waals surface area contributed by atoms with Crippen LogP contribution in [0, 0.1) is 13.8 Å². The lowest BCUT2D eigenvalue weighted by molar-refractivity contribution is 0.0992. The molecule has 0 unspecified atom stereocenters. The lowest BCUT2D eigenvalue weighted by Gasteiger charge is -2.04. The third-order valence-corrected chi connectivity index (χ3v) is 3.63. The molecule has 2 rings (SSSR count). The van der Waals surface area contributed by atoms with Gasteiger partial charge in [-0.05, 0) is 35.9 Å². The Kier molecular flexibility index (Phi) is 3.20. The minimum absolute atomic E-state index is 0.216. The van der Waals surface area contributed by atoms with Crippen molar-refractivity contribution < 1.29 is 4.79 Å². The van der Waals surface area contributed by atoms with Crippen LogP contribution in [-0.4, -0.2) is 5.78 Å². The van der Waals surface area contributed by atoms with Crippen molar-refractivity contribution in [1.82, 2.24) is 0 Å². The molecular formula is C14H14OS. The van der Waals surface area contributed by atoms with Gasteiger partial charge < -0.3 is 0 Å². The fraction of sp³-hybridized carbons (Fsp3) is 0.214. The van der Waals surface area contributed by atoms with Gasteiger partial charge >= 0.3 is 0 Å². The Morgan fingerprint density at radius 2 is 1.88 bits per heavy atom. The van der Waals surface area contributed by atoms with Crippen LogP contribution in [0.2, 0.25) is 0 Å². The van der Waals surface area contributed by atoms with E-state index in [0.29, 0.717) is 6.42 Å². The Bertz CT molecular complexity index is 511. The van der Waals surface area contributed by atoms with Crippen LogP contribution >= 0.6 is 11.3 Å². The Balaban J connectivity index is 2.21. The lowest BCUT2D eigenvalue weighted by Crippen LogP contribution is -2.04. The van der Waals surface area contributed by atoms with Crippen molar-refractivity contribution in [2.45, 2.75) is 20.3 Å². The van der Waals surface area contributed by atoms with Crippen molar-refractivity contribution in [3.8, 4) is 0 Å². The zero-order valence-corrected chi connectivity index (χ0v) is 10.3. The monoisotopic (exact) mass is 230 g/mol. The summed E-state index contributed by atoms with van der Waals surface area (Å²) in [6.07, 6.45) is 0.504. The summed E-state index contributed by atoms with van der Waals surface area (Å²) in [7, 11) is 0. The molecule has 0 radical (unpaired) electrons. The van der Waals surface area contributed by atoms with Gasteiger partial charge in [-0.3, -0.25) is 4.79 Å². The van der Waals surface area contributed by atoms with E-state index in [2.05, 4.69) is 0 Å². The van der Waals surface area contributed by atoms with Crippen molar-refractivity contribution in [3.63, 3.8) is 0 Å². The van der Waals surface area contributed by atoms with Gasteiger partial charge in [-0.25, -0.2) is 0 Å². The van der Waals surface area contributed by atoms with Gasteiger partial charge in [-0.1, -0.05) is 24.3 Å².